The van der Waals surface area contributed by atoms with Crippen LogP contribution in [0.5, 0.6) is 5.75 Å². The highest BCUT2D eigenvalue weighted by molar-refractivity contribution is 5.80. The molecule has 1 aliphatic heterocycles. The predicted octanol–water partition coefficient (Wildman–Crippen LogP) is 3.17. The van der Waals surface area contributed by atoms with Crippen LogP contribution in [0.25, 0.3) is 0 Å². The molecule has 0 amide bonds. The van der Waals surface area contributed by atoms with Gasteiger partial charge in [0.2, 0.25) is 0 Å². The largest absolute Gasteiger partial charge is 0.492 e. The van der Waals surface area contributed by atoms with Gasteiger partial charge in [0.25, 0.3) is 0 Å². The smallest absolute Gasteiger partial charge is 0.191 e. The second-order valence-electron chi connectivity index (χ2n) is 8.14. The van der Waals surface area contributed by atoms with Crippen LogP contribution in [0.3, 0.4) is 0 Å². The maximum Gasteiger partial charge on any atom is 0.191 e. The Morgan fingerprint density at radius 2 is 2.00 bits per heavy atom. The summed E-state index contributed by atoms with van der Waals surface area (Å²) in [5.41, 5.74) is 1.17. The van der Waals surface area contributed by atoms with Gasteiger partial charge in [-0.2, -0.15) is 0 Å². The fourth-order valence-corrected chi connectivity index (χ4v) is 4.10. The molecule has 6 heteroatoms. The molecule has 0 bridgehead atoms. The number of guanidine groups is 1. The van der Waals surface area contributed by atoms with Crippen LogP contribution in [0.2, 0.25) is 0 Å². The maximum atomic E-state index is 6.02. The molecule has 0 aromatic heterocycles. The lowest BCUT2D eigenvalue weighted by Crippen LogP contribution is -2.42. The number of hydrogen-bond donors (Lipinski definition) is 2. The SMILES string of the molecule is CCNC(=NCc1cccc(OCCN(C)C2CCOCC2)c1)NC1CCCC1. The van der Waals surface area contributed by atoms with E-state index >= 15 is 0 Å². The van der Waals surface area contributed by atoms with Gasteiger partial charge in [-0.1, -0.05) is 25.0 Å². The van der Waals surface area contributed by atoms with E-state index in [1.165, 1.54) is 31.2 Å². The molecule has 6 nitrogen and oxygen atoms in total. The normalized spacial score (nSPS) is 18.9. The van der Waals surface area contributed by atoms with Crippen molar-refractivity contribution < 1.29 is 9.47 Å². The average Bonchev–Trinajstić information content (AvgIpc) is 3.26. The van der Waals surface area contributed by atoms with Crippen molar-refractivity contribution in [2.75, 3.05) is 40.0 Å². The Morgan fingerprint density at radius 1 is 1.21 bits per heavy atom. The van der Waals surface area contributed by atoms with Gasteiger partial charge >= 0.3 is 0 Å². The first-order valence-electron chi connectivity index (χ1n) is 11.3. The van der Waals surface area contributed by atoms with Gasteiger partial charge in [0.15, 0.2) is 5.96 Å². The van der Waals surface area contributed by atoms with Crippen LogP contribution >= 0.6 is 0 Å². The van der Waals surface area contributed by atoms with Crippen LogP contribution in [-0.2, 0) is 11.3 Å². The van der Waals surface area contributed by atoms with E-state index in [9.17, 15) is 0 Å². The third kappa shape index (κ3) is 7.52. The lowest BCUT2D eigenvalue weighted by molar-refractivity contribution is 0.0392. The van der Waals surface area contributed by atoms with E-state index in [1.54, 1.807) is 0 Å². The maximum absolute atomic E-state index is 6.02. The molecule has 162 valence electrons. The van der Waals surface area contributed by atoms with Crippen molar-refractivity contribution in [2.24, 2.45) is 4.99 Å². The molecule has 2 aliphatic rings. The van der Waals surface area contributed by atoms with Crippen molar-refractivity contribution in [1.29, 1.82) is 0 Å². The average molecular weight is 403 g/mol. The molecule has 2 fully saturated rings. The van der Waals surface area contributed by atoms with Crippen molar-refractivity contribution in [1.82, 2.24) is 15.5 Å². The number of likely N-dealkylation sites (N-methyl/N-ethyl adjacent to an activating group) is 1. The molecule has 3 rings (SSSR count). The monoisotopic (exact) mass is 402 g/mol. The molecule has 1 heterocycles. The summed E-state index contributed by atoms with van der Waals surface area (Å²) < 4.78 is 11.5. The van der Waals surface area contributed by atoms with Crippen molar-refractivity contribution in [3.63, 3.8) is 0 Å². The standard InChI is InChI=1S/C23H38N4O2/c1-3-24-23(26-20-8-4-5-9-20)25-18-19-7-6-10-22(17-19)29-16-13-27(2)21-11-14-28-15-12-21/h6-7,10,17,20-21H,3-5,8-9,11-16,18H2,1-2H3,(H2,24,25,26). The number of hydrogen-bond acceptors (Lipinski definition) is 4. The van der Waals surface area contributed by atoms with Gasteiger partial charge in [0.05, 0.1) is 6.54 Å². The summed E-state index contributed by atoms with van der Waals surface area (Å²) in [6.07, 6.45) is 7.37. The van der Waals surface area contributed by atoms with Gasteiger partial charge < -0.3 is 20.1 Å². The molecular weight excluding hydrogens is 364 g/mol. The van der Waals surface area contributed by atoms with Gasteiger partial charge in [-0.15, -0.1) is 0 Å². The number of nitrogens with zero attached hydrogens (tertiary/aromatic N) is 2. The fraction of sp³-hybridized carbons (Fsp3) is 0.696. The summed E-state index contributed by atoms with van der Waals surface area (Å²) >= 11 is 0. The lowest BCUT2D eigenvalue weighted by Gasteiger charge is -2.31. The summed E-state index contributed by atoms with van der Waals surface area (Å²) in [6, 6.07) is 9.49. The summed E-state index contributed by atoms with van der Waals surface area (Å²) in [7, 11) is 2.18. The Kier molecular flexibility index (Phi) is 9.09. The first-order chi connectivity index (χ1) is 14.2. The predicted molar refractivity (Wildman–Crippen MR) is 119 cm³/mol. The highest BCUT2D eigenvalue weighted by atomic mass is 16.5. The Morgan fingerprint density at radius 3 is 2.76 bits per heavy atom. The molecule has 0 unspecified atom stereocenters. The number of benzene rings is 1. The Labute approximate surface area is 176 Å². The number of aliphatic imine (C=N–C) groups is 1. The van der Waals surface area contributed by atoms with Crippen LogP contribution < -0.4 is 15.4 Å². The quantitative estimate of drug-likeness (QED) is 0.491. The summed E-state index contributed by atoms with van der Waals surface area (Å²) in [5, 5.41) is 6.94. The van der Waals surface area contributed by atoms with E-state index in [2.05, 4.69) is 47.7 Å². The molecule has 1 saturated heterocycles. The third-order valence-corrected chi connectivity index (χ3v) is 5.89. The fourth-order valence-electron chi connectivity index (χ4n) is 4.10. The Hall–Kier alpha value is -1.79. The summed E-state index contributed by atoms with van der Waals surface area (Å²) in [5.74, 6) is 1.84. The van der Waals surface area contributed by atoms with E-state index in [-0.39, 0.29) is 0 Å². The second kappa shape index (κ2) is 12.0. The molecule has 0 atom stereocenters. The zero-order valence-electron chi connectivity index (χ0n) is 18.2. The van der Waals surface area contributed by atoms with Crippen molar-refractivity contribution in [2.45, 2.75) is 64.1 Å². The minimum Gasteiger partial charge on any atom is -0.492 e. The molecule has 1 aromatic carbocycles. The topological polar surface area (TPSA) is 58.1 Å². The number of rotatable bonds is 9. The number of ether oxygens (including phenoxy) is 2. The van der Waals surface area contributed by atoms with E-state index < -0.39 is 0 Å². The van der Waals surface area contributed by atoms with Crippen LogP contribution in [0, 0.1) is 0 Å². The minimum absolute atomic E-state index is 0.565. The molecule has 2 N–H and O–H groups in total. The van der Waals surface area contributed by atoms with E-state index in [1.807, 2.05) is 6.07 Å². The zero-order valence-corrected chi connectivity index (χ0v) is 18.2. The highest BCUT2D eigenvalue weighted by Crippen LogP contribution is 2.18. The zero-order chi connectivity index (χ0) is 20.3. The van der Waals surface area contributed by atoms with E-state index in [0.717, 1.165) is 50.9 Å². The van der Waals surface area contributed by atoms with Crippen LogP contribution in [0.1, 0.15) is 51.0 Å². The van der Waals surface area contributed by atoms with Gasteiger partial charge in [0, 0.05) is 38.4 Å². The first-order valence-corrected chi connectivity index (χ1v) is 11.3. The summed E-state index contributed by atoms with van der Waals surface area (Å²) in [6.45, 7) is 7.03. The molecule has 29 heavy (non-hydrogen) atoms. The summed E-state index contributed by atoms with van der Waals surface area (Å²) in [4.78, 5) is 7.17. The van der Waals surface area contributed by atoms with E-state index in [0.29, 0.717) is 25.2 Å². The second-order valence-corrected chi connectivity index (χ2v) is 8.14. The number of nitrogens with one attached hydrogen (secondary N) is 2. The van der Waals surface area contributed by atoms with E-state index in [4.69, 9.17) is 14.5 Å². The molecular formula is C23H38N4O2. The molecule has 1 saturated carbocycles. The molecule has 1 aliphatic carbocycles. The van der Waals surface area contributed by atoms with Crippen LogP contribution in [0.4, 0.5) is 0 Å². The van der Waals surface area contributed by atoms with Crippen molar-refractivity contribution >= 4 is 5.96 Å². The van der Waals surface area contributed by atoms with Gasteiger partial charge in [0.1, 0.15) is 12.4 Å². The molecule has 0 spiro atoms. The lowest BCUT2D eigenvalue weighted by atomic mass is 10.1. The Balaban J connectivity index is 1.46. The Bertz CT molecular complexity index is 625. The van der Waals surface area contributed by atoms with Crippen LogP contribution in [-0.4, -0.2) is 62.9 Å². The minimum atomic E-state index is 0.565. The highest BCUT2D eigenvalue weighted by Gasteiger charge is 2.18. The van der Waals surface area contributed by atoms with Gasteiger partial charge in [-0.25, -0.2) is 4.99 Å². The molecule has 1 aromatic rings. The van der Waals surface area contributed by atoms with Crippen LogP contribution in [0.15, 0.2) is 29.3 Å². The molecule has 0 radical (unpaired) electrons. The third-order valence-electron chi connectivity index (χ3n) is 5.89. The van der Waals surface area contributed by atoms with Gasteiger partial charge in [-0.3, -0.25) is 4.90 Å². The van der Waals surface area contributed by atoms with Crippen molar-refractivity contribution in [3.8, 4) is 5.75 Å². The van der Waals surface area contributed by atoms with Gasteiger partial charge in [-0.05, 0) is 57.4 Å². The first kappa shape index (κ1) is 21.9. The van der Waals surface area contributed by atoms with Crippen molar-refractivity contribution in [3.05, 3.63) is 29.8 Å².